The van der Waals surface area contributed by atoms with Gasteiger partial charge in [-0.25, -0.2) is 0 Å². The summed E-state index contributed by atoms with van der Waals surface area (Å²) >= 11 is 0. The molecule has 94 valence electrons. The lowest BCUT2D eigenvalue weighted by Crippen LogP contribution is -2.13. The molecular weight excluding hydrogens is 228 g/mol. The van der Waals surface area contributed by atoms with Crippen molar-refractivity contribution in [3.63, 3.8) is 0 Å². The van der Waals surface area contributed by atoms with Crippen LogP contribution < -0.4 is 11.1 Å². The fourth-order valence-electron chi connectivity index (χ4n) is 1.40. The third-order valence-corrected chi connectivity index (χ3v) is 2.34. The third-order valence-electron chi connectivity index (χ3n) is 2.34. The fourth-order valence-corrected chi connectivity index (χ4v) is 1.40. The summed E-state index contributed by atoms with van der Waals surface area (Å²) in [5.41, 5.74) is 6.20. The zero-order chi connectivity index (χ0) is 13.4. The average Bonchev–Trinajstić information content (AvgIpc) is 2.35. The zero-order valence-electron chi connectivity index (χ0n) is 10.3. The van der Waals surface area contributed by atoms with Crippen molar-refractivity contribution in [1.29, 1.82) is 0 Å². The lowest BCUT2D eigenvalue weighted by Gasteiger charge is -2.04. The molecule has 0 aliphatic heterocycles. The highest BCUT2D eigenvalue weighted by atomic mass is 16.1. The molecule has 0 saturated carbocycles. The number of benzene rings is 1. The first-order chi connectivity index (χ1) is 8.63. The molecule has 0 atom stereocenters. The Labute approximate surface area is 107 Å². The Morgan fingerprint density at radius 3 is 2.50 bits per heavy atom. The molecule has 0 spiro atoms. The van der Waals surface area contributed by atoms with E-state index in [0.29, 0.717) is 17.7 Å². The first-order valence-corrected chi connectivity index (χ1v) is 5.73. The van der Waals surface area contributed by atoms with Gasteiger partial charge < -0.3 is 11.1 Å². The SMILES string of the molecule is CC#CCCCC(=O)Nc1ccc(C(N)=O)cc1. The Balaban J connectivity index is 2.43. The smallest absolute Gasteiger partial charge is 0.248 e. The molecule has 2 amide bonds. The van der Waals surface area contributed by atoms with Crippen molar-refractivity contribution in [2.75, 3.05) is 5.32 Å². The number of nitrogens with two attached hydrogens (primary N) is 1. The lowest BCUT2D eigenvalue weighted by atomic mass is 10.2. The fraction of sp³-hybridized carbons (Fsp3) is 0.286. The van der Waals surface area contributed by atoms with Crippen LogP contribution in [0.2, 0.25) is 0 Å². The second-order valence-corrected chi connectivity index (χ2v) is 3.77. The molecule has 1 aromatic rings. The summed E-state index contributed by atoms with van der Waals surface area (Å²) < 4.78 is 0. The highest BCUT2D eigenvalue weighted by Crippen LogP contribution is 2.10. The van der Waals surface area contributed by atoms with Gasteiger partial charge in [0.1, 0.15) is 0 Å². The van der Waals surface area contributed by atoms with E-state index in [1.807, 2.05) is 0 Å². The van der Waals surface area contributed by atoms with E-state index in [1.165, 1.54) is 0 Å². The number of amides is 2. The summed E-state index contributed by atoms with van der Waals surface area (Å²) in [6.07, 6.45) is 1.91. The van der Waals surface area contributed by atoms with Gasteiger partial charge >= 0.3 is 0 Å². The van der Waals surface area contributed by atoms with E-state index in [9.17, 15) is 9.59 Å². The zero-order valence-corrected chi connectivity index (χ0v) is 10.3. The van der Waals surface area contributed by atoms with E-state index >= 15 is 0 Å². The summed E-state index contributed by atoms with van der Waals surface area (Å²) in [6.45, 7) is 1.78. The number of hydrogen-bond acceptors (Lipinski definition) is 2. The molecule has 0 aliphatic rings. The largest absolute Gasteiger partial charge is 0.366 e. The second kappa shape index (κ2) is 7.13. The molecule has 0 saturated heterocycles. The number of primary amides is 1. The van der Waals surface area contributed by atoms with Gasteiger partial charge in [0.15, 0.2) is 0 Å². The van der Waals surface area contributed by atoms with Crippen LogP contribution >= 0.6 is 0 Å². The van der Waals surface area contributed by atoms with Crippen LogP contribution in [0.3, 0.4) is 0 Å². The summed E-state index contributed by atoms with van der Waals surface area (Å²) in [7, 11) is 0. The van der Waals surface area contributed by atoms with Crippen LogP contribution in [-0.4, -0.2) is 11.8 Å². The van der Waals surface area contributed by atoms with Crippen LogP contribution in [-0.2, 0) is 4.79 Å². The molecule has 4 heteroatoms. The van der Waals surface area contributed by atoms with Gasteiger partial charge in [-0.05, 0) is 37.6 Å². The molecule has 0 unspecified atom stereocenters. The molecule has 0 fully saturated rings. The number of rotatable bonds is 5. The molecule has 4 nitrogen and oxygen atoms in total. The van der Waals surface area contributed by atoms with Crippen LogP contribution in [0.15, 0.2) is 24.3 Å². The monoisotopic (exact) mass is 244 g/mol. The minimum absolute atomic E-state index is 0.0558. The van der Waals surface area contributed by atoms with E-state index in [1.54, 1.807) is 31.2 Å². The van der Waals surface area contributed by atoms with Crippen LogP contribution in [0.4, 0.5) is 5.69 Å². The van der Waals surface area contributed by atoms with Gasteiger partial charge in [-0.15, -0.1) is 11.8 Å². The number of nitrogens with one attached hydrogen (secondary N) is 1. The number of carbonyl (C=O) groups excluding carboxylic acids is 2. The van der Waals surface area contributed by atoms with Crippen LogP contribution in [0.1, 0.15) is 36.5 Å². The van der Waals surface area contributed by atoms with Crippen LogP contribution in [0.25, 0.3) is 0 Å². The third kappa shape index (κ3) is 4.71. The number of carbonyl (C=O) groups is 2. The van der Waals surface area contributed by atoms with Gasteiger partial charge in [-0.3, -0.25) is 9.59 Å². The van der Waals surface area contributed by atoms with Crippen molar-refractivity contribution in [2.24, 2.45) is 5.73 Å². The number of anilines is 1. The quantitative estimate of drug-likeness (QED) is 0.613. The van der Waals surface area contributed by atoms with E-state index < -0.39 is 5.91 Å². The molecule has 3 N–H and O–H groups in total. The van der Waals surface area contributed by atoms with E-state index in [4.69, 9.17) is 5.73 Å². The van der Waals surface area contributed by atoms with Gasteiger partial charge in [-0.2, -0.15) is 0 Å². The second-order valence-electron chi connectivity index (χ2n) is 3.77. The van der Waals surface area contributed by atoms with E-state index in [2.05, 4.69) is 17.2 Å². The normalized spacial score (nSPS) is 9.17. The van der Waals surface area contributed by atoms with Gasteiger partial charge in [-0.1, -0.05) is 0 Å². The first kappa shape index (κ1) is 13.8. The van der Waals surface area contributed by atoms with Gasteiger partial charge in [0.05, 0.1) is 0 Å². The minimum atomic E-state index is -0.481. The molecule has 0 aliphatic carbocycles. The van der Waals surface area contributed by atoms with Crippen molar-refractivity contribution in [1.82, 2.24) is 0 Å². The Bertz CT molecular complexity index is 481. The molecular formula is C14H16N2O2. The maximum absolute atomic E-state index is 11.5. The van der Waals surface area contributed by atoms with E-state index in [-0.39, 0.29) is 5.91 Å². The van der Waals surface area contributed by atoms with Crippen molar-refractivity contribution in [3.05, 3.63) is 29.8 Å². The van der Waals surface area contributed by atoms with Gasteiger partial charge in [0.2, 0.25) is 11.8 Å². The molecule has 1 rings (SSSR count). The number of hydrogen-bond donors (Lipinski definition) is 2. The molecule has 0 heterocycles. The van der Waals surface area contributed by atoms with E-state index in [0.717, 1.165) is 12.8 Å². The average molecular weight is 244 g/mol. The summed E-state index contributed by atoms with van der Waals surface area (Å²) in [5, 5.41) is 2.75. The highest BCUT2D eigenvalue weighted by molar-refractivity contribution is 5.94. The maximum atomic E-state index is 11.5. The van der Waals surface area contributed by atoms with Crippen LogP contribution in [0.5, 0.6) is 0 Å². The molecule has 0 radical (unpaired) electrons. The standard InChI is InChI=1S/C14H16N2O2/c1-2-3-4-5-6-13(17)16-12-9-7-11(8-10-12)14(15)18/h7-10H,4-6H2,1H3,(H2,15,18)(H,16,17). The highest BCUT2D eigenvalue weighted by Gasteiger charge is 2.03. The molecule has 1 aromatic carbocycles. The summed E-state index contributed by atoms with van der Waals surface area (Å²) in [5.74, 6) is 5.15. The summed E-state index contributed by atoms with van der Waals surface area (Å²) in [6, 6.07) is 6.48. The molecule has 0 bridgehead atoms. The summed E-state index contributed by atoms with van der Waals surface area (Å²) in [4.78, 5) is 22.4. The molecule has 0 aromatic heterocycles. The predicted octanol–water partition coefficient (Wildman–Crippen LogP) is 1.92. The van der Waals surface area contributed by atoms with Gasteiger partial charge in [0, 0.05) is 24.1 Å². The first-order valence-electron chi connectivity index (χ1n) is 5.73. The van der Waals surface area contributed by atoms with Crippen molar-refractivity contribution < 1.29 is 9.59 Å². The predicted molar refractivity (Wildman–Crippen MR) is 70.9 cm³/mol. The van der Waals surface area contributed by atoms with Crippen molar-refractivity contribution >= 4 is 17.5 Å². The Hall–Kier alpha value is -2.28. The minimum Gasteiger partial charge on any atom is -0.366 e. The van der Waals surface area contributed by atoms with Crippen LogP contribution in [0, 0.1) is 11.8 Å². The lowest BCUT2D eigenvalue weighted by molar-refractivity contribution is -0.116. The van der Waals surface area contributed by atoms with Crippen molar-refractivity contribution in [3.8, 4) is 11.8 Å². The topological polar surface area (TPSA) is 72.2 Å². The van der Waals surface area contributed by atoms with Crippen molar-refractivity contribution in [2.45, 2.75) is 26.2 Å². The Morgan fingerprint density at radius 2 is 1.94 bits per heavy atom. The van der Waals surface area contributed by atoms with Gasteiger partial charge in [0.25, 0.3) is 0 Å². The maximum Gasteiger partial charge on any atom is 0.248 e. The molecule has 18 heavy (non-hydrogen) atoms. The Morgan fingerprint density at radius 1 is 1.28 bits per heavy atom. The Kier molecular flexibility index (Phi) is 5.46. The number of unbranched alkanes of at least 4 members (excludes halogenated alkanes) is 1.